The van der Waals surface area contributed by atoms with Gasteiger partial charge in [-0.25, -0.2) is 0 Å². The Labute approximate surface area is 173 Å². The van der Waals surface area contributed by atoms with E-state index in [0.29, 0.717) is 27.8 Å². The first kappa shape index (κ1) is 21.4. The van der Waals surface area contributed by atoms with Gasteiger partial charge in [-0.3, -0.25) is 30.3 Å². The van der Waals surface area contributed by atoms with Crippen LogP contribution in [0.5, 0.6) is 0 Å². The van der Waals surface area contributed by atoms with Crippen molar-refractivity contribution in [2.24, 2.45) is 0 Å². The van der Waals surface area contributed by atoms with Crippen LogP contribution in [0.15, 0.2) is 18.2 Å². The molecule has 0 N–H and O–H groups in total. The third-order valence-electron chi connectivity index (χ3n) is 5.37. The number of rotatable bonds is 3. The Morgan fingerprint density at radius 1 is 0.733 bits per heavy atom. The first-order valence-electron chi connectivity index (χ1n) is 9.46. The van der Waals surface area contributed by atoms with E-state index in [9.17, 15) is 30.3 Å². The van der Waals surface area contributed by atoms with Crippen LogP contribution in [0, 0.1) is 30.3 Å². The molecule has 0 spiro atoms. The van der Waals surface area contributed by atoms with E-state index < -0.39 is 25.6 Å². The molecule has 3 rings (SSSR count). The quantitative estimate of drug-likeness (QED) is 0.407. The van der Waals surface area contributed by atoms with Gasteiger partial charge in [0.15, 0.2) is 0 Å². The number of nitrogens with zero attached hydrogens (tertiary/aromatic N) is 3. The Hall–Kier alpha value is -3.36. The first-order chi connectivity index (χ1) is 13.6. The van der Waals surface area contributed by atoms with Crippen LogP contribution in [0.1, 0.15) is 63.8 Å². The Balaban J connectivity index is 2.48. The number of nitro groups is 3. The van der Waals surface area contributed by atoms with Crippen LogP contribution in [-0.2, 0) is 17.3 Å². The minimum absolute atomic E-state index is 0.0535. The molecule has 9 heteroatoms. The molecule has 0 aromatic heterocycles. The van der Waals surface area contributed by atoms with Crippen molar-refractivity contribution < 1.29 is 14.8 Å². The lowest BCUT2D eigenvalue weighted by Crippen LogP contribution is -2.17. The molecule has 9 nitrogen and oxygen atoms in total. The number of fused-ring (bicyclic) bond motifs is 3. The standard InChI is InChI=1S/C21H23N3O6/c1-20(2,3)14-10-13-11(8-15(14)22(25)26)7-12-9-16(23(27)28)18(21(4,5)6)19(17(12)13)24(29)30/h8-10H,7H2,1-6H3. The second kappa shape index (κ2) is 6.58. The van der Waals surface area contributed by atoms with Gasteiger partial charge in [0.2, 0.25) is 0 Å². The number of hydrogen-bond acceptors (Lipinski definition) is 6. The Morgan fingerprint density at radius 3 is 1.70 bits per heavy atom. The molecule has 0 atom stereocenters. The first-order valence-corrected chi connectivity index (χ1v) is 9.46. The maximum atomic E-state index is 12.1. The van der Waals surface area contributed by atoms with Gasteiger partial charge in [0.25, 0.3) is 17.1 Å². The van der Waals surface area contributed by atoms with E-state index in [2.05, 4.69) is 0 Å². The molecule has 0 saturated carbocycles. The molecule has 0 radical (unpaired) electrons. The van der Waals surface area contributed by atoms with Crippen molar-refractivity contribution in [2.45, 2.75) is 58.8 Å². The lowest BCUT2D eigenvalue weighted by Gasteiger charge is -2.22. The molecule has 2 aromatic carbocycles. The van der Waals surface area contributed by atoms with Gasteiger partial charge in [0, 0.05) is 23.1 Å². The molecule has 1 aliphatic carbocycles. The monoisotopic (exact) mass is 413 g/mol. The average Bonchev–Trinajstić information content (AvgIpc) is 2.94. The number of benzene rings is 2. The van der Waals surface area contributed by atoms with Gasteiger partial charge >= 0.3 is 0 Å². The van der Waals surface area contributed by atoms with Gasteiger partial charge in [-0.05, 0) is 34.6 Å². The maximum absolute atomic E-state index is 12.1. The van der Waals surface area contributed by atoms with Gasteiger partial charge < -0.3 is 0 Å². The summed E-state index contributed by atoms with van der Waals surface area (Å²) >= 11 is 0. The minimum atomic E-state index is -0.851. The third kappa shape index (κ3) is 3.30. The highest BCUT2D eigenvalue weighted by molar-refractivity contribution is 5.89. The summed E-state index contributed by atoms with van der Waals surface area (Å²) in [5, 5.41) is 35.5. The van der Waals surface area contributed by atoms with E-state index in [1.165, 1.54) is 12.1 Å². The van der Waals surface area contributed by atoms with E-state index in [-0.39, 0.29) is 29.0 Å². The highest BCUT2D eigenvalue weighted by Crippen LogP contribution is 2.52. The summed E-state index contributed by atoms with van der Waals surface area (Å²) < 4.78 is 0. The molecule has 0 saturated heterocycles. The number of hydrogen-bond donors (Lipinski definition) is 0. The van der Waals surface area contributed by atoms with Crippen molar-refractivity contribution in [3.05, 3.63) is 70.8 Å². The Bertz CT molecular complexity index is 1120. The van der Waals surface area contributed by atoms with E-state index in [0.717, 1.165) is 0 Å². The van der Waals surface area contributed by atoms with E-state index in [1.54, 1.807) is 26.8 Å². The molecule has 2 aromatic rings. The number of nitro benzene ring substituents is 3. The molecule has 0 amide bonds. The average molecular weight is 413 g/mol. The SMILES string of the molecule is CC(C)(C)c1cc2c(cc1[N+](=O)[O-])Cc1cc([N+](=O)[O-])c(C(C)(C)C)c([N+](=O)[O-])c1-2. The van der Waals surface area contributed by atoms with Crippen LogP contribution in [0.25, 0.3) is 11.1 Å². The zero-order valence-electron chi connectivity index (χ0n) is 17.7. The van der Waals surface area contributed by atoms with E-state index in [4.69, 9.17) is 0 Å². The molecular formula is C21H23N3O6. The van der Waals surface area contributed by atoms with Crippen LogP contribution in [0.2, 0.25) is 0 Å². The summed E-state index contributed by atoms with van der Waals surface area (Å²) in [5.41, 5.74) is 0.318. The van der Waals surface area contributed by atoms with Gasteiger partial charge in [0.1, 0.15) is 5.56 Å². The summed E-state index contributed by atoms with van der Waals surface area (Å²) in [6, 6.07) is 4.47. The normalized spacial score (nSPS) is 13.0. The summed E-state index contributed by atoms with van der Waals surface area (Å²) in [5.74, 6) is 0. The topological polar surface area (TPSA) is 129 Å². The van der Waals surface area contributed by atoms with Crippen LogP contribution in [0.3, 0.4) is 0 Å². The van der Waals surface area contributed by atoms with Crippen LogP contribution < -0.4 is 0 Å². The molecule has 0 fully saturated rings. The molecule has 0 bridgehead atoms. The molecule has 0 aliphatic heterocycles. The fourth-order valence-electron chi connectivity index (χ4n) is 4.18. The predicted molar refractivity (Wildman–Crippen MR) is 112 cm³/mol. The zero-order valence-corrected chi connectivity index (χ0v) is 17.7. The van der Waals surface area contributed by atoms with Crippen LogP contribution in [0.4, 0.5) is 17.1 Å². The lowest BCUT2D eigenvalue weighted by molar-refractivity contribution is -0.395. The van der Waals surface area contributed by atoms with Crippen molar-refractivity contribution in [3.63, 3.8) is 0 Å². The van der Waals surface area contributed by atoms with Crippen molar-refractivity contribution >= 4 is 17.1 Å². The van der Waals surface area contributed by atoms with E-state index in [1.807, 2.05) is 20.8 Å². The summed E-state index contributed by atoms with van der Waals surface area (Å²) in [4.78, 5) is 33.9. The van der Waals surface area contributed by atoms with Crippen molar-refractivity contribution in [1.29, 1.82) is 0 Å². The smallest absolute Gasteiger partial charge is 0.258 e. The highest BCUT2D eigenvalue weighted by Gasteiger charge is 2.42. The minimum Gasteiger partial charge on any atom is -0.258 e. The van der Waals surface area contributed by atoms with Crippen molar-refractivity contribution in [1.82, 2.24) is 0 Å². The highest BCUT2D eigenvalue weighted by atomic mass is 16.6. The molecular weight excluding hydrogens is 390 g/mol. The van der Waals surface area contributed by atoms with Crippen LogP contribution in [-0.4, -0.2) is 14.8 Å². The largest absolute Gasteiger partial charge is 0.288 e. The van der Waals surface area contributed by atoms with Gasteiger partial charge in [0.05, 0.1) is 20.3 Å². The van der Waals surface area contributed by atoms with Crippen molar-refractivity contribution in [2.75, 3.05) is 0 Å². The fourth-order valence-corrected chi connectivity index (χ4v) is 4.18. The third-order valence-corrected chi connectivity index (χ3v) is 5.37. The molecule has 158 valence electrons. The Morgan fingerprint density at radius 2 is 1.27 bits per heavy atom. The lowest BCUT2D eigenvalue weighted by atomic mass is 9.80. The Kier molecular flexibility index (Phi) is 4.68. The predicted octanol–water partition coefficient (Wildman–Crippen LogP) is 5.58. The summed E-state index contributed by atoms with van der Waals surface area (Å²) in [7, 11) is 0. The summed E-state index contributed by atoms with van der Waals surface area (Å²) in [6.07, 6.45) is 0.169. The second-order valence-electron chi connectivity index (χ2n) is 9.63. The van der Waals surface area contributed by atoms with Gasteiger partial charge in [-0.1, -0.05) is 41.5 Å². The fraction of sp³-hybridized carbons (Fsp3) is 0.429. The van der Waals surface area contributed by atoms with E-state index >= 15 is 0 Å². The molecule has 0 heterocycles. The summed E-state index contributed by atoms with van der Waals surface area (Å²) in [6.45, 7) is 10.6. The molecule has 30 heavy (non-hydrogen) atoms. The maximum Gasteiger partial charge on any atom is 0.288 e. The zero-order chi connectivity index (χ0) is 22.8. The molecule has 1 aliphatic rings. The second-order valence-corrected chi connectivity index (χ2v) is 9.63. The van der Waals surface area contributed by atoms with Crippen LogP contribution >= 0.6 is 0 Å². The van der Waals surface area contributed by atoms with Crippen molar-refractivity contribution in [3.8, 4) is 11.1 Å². The molecule has 0 unspecified atom stereocenters. The van der Waals surface area contributed by atoms with Gasteiger partial charge in [-0.2, -0.15) is 0 Å². The van der Waals surface area contributed by atoms with Gasteiger partial charge in [-0.15, -0.1) is 0 Å².